The Kier molecular flexibility index (Phi) is 4.40. The zero-order valence-corrected chi connectivity index (χ0v) is 21.0. The Morgan fingerprint density at radius 1 is 0.892 bits per heavy atom. The van der Waals surface area contributed by atoms with Crippen LogP contribution >= 0.6 is 11.3 Å². The molecule has 0 N–H and O–H groups in total. The van der Waals surface area contributed by atoms with Gasteiger partial charge in [-0.05, 0) is 58.7 Å². The number of nitrogens with zero attached hydrogens (tertiary/aromatic N) is 4. The molecule has 1 aliphatic heterocycles. The SMILES string of the molecule is CC1C=c2cccnc2=C2N=C(c3cccc(-c4ccc5nc6c7ccccc7sc6n5c4)c3)C=CC21. The lowest BCUT2D eigenvalue weighted by Gasteiger charge is -2.25. The van der Waals surface area contributed by atoms with Crippen molar-refractivity contribution < 1.29 is 0 Å². The number of aromatic nitrogens is 3. The molecule has 1 aliphatic carbocycles. The van der Waals surface area contributed by atoms with Crippen molar-refractivity contribution in [3.05, 3.63) is 113 Å². The molecule has 0 spiro atoms. The first-order chi connectivity index (χ1) is 18.2. The van der Waals surface area contributed by atoms with Crippen LogP contribution in [-0.4, -0.2) is 20.1 Å². The van der Waals surface area contributed by atoms with Crippen molar-refractivity contribution >= 4 is 54.9 Å². The molecule has 0 saturated heterocycles. The fraction of sp³-hybridized carbons (Fsp3) is 0.0938. The maximum atomic E-state index is 5.16. The standard InChI is InChI=1S/C32H22N4S/c1-19-16-22-8-5-15-33-29(22)30-24(19)12-13-26(34-30)21-7-4-6-20(17-21)23-11-14-28-35-31-25-9-2-3-10-27(25)37-32(31)36(28)18-23/h2-19,24H,1H3. The van der Waals surface area contributed by atoms with E-state index in [1.807, 2.05) is 12.3 Å². The molecule has 8 rings (SSSR count). The maximum Gasteiger partial charge on any atom is 0.138 e. The van der Waals surface area contributed by atoms with E-state index in [4.69, 9.17) is 9.98 Å². The van der Waals surface area contributed by atoms with Gasteiger partial charge in [0.25, 0.3) is 0 Å². The Morgan fingerprint density at radius 3 is 2.78 bits per heavy atom. The third-order valence-corrected chi connectivity index (χ3v) is 8.68. The van der Waals surface area contributed by atoms with Gasteiger partial charge in [-0.15, -0.1) is 11.3 Å². The van der Waals surface area contributed by atoms with Gasteiger partial charge in [0.15, 0.2) is 0 Å². The van der Waals surface area contributed by atoms with Gasteiger partial charge >= 0.3 is 0 Å². The van der Waals surface area contributed by atoms with Crippen LogP contribution in [0.5, 0.6) is 0 Å². The van der Waals surface area contributed by atoms with Gasteiger partial charge in [0.2, 0.25) is 0 Å². The first-order valence-electron chi connectivity index (χ1n) is 12.6. The fourth-order valence-corrected chi connectivity index (χ4v) is 6.78. The summed E-state index contributed by atoms with van der Waals surface area (Å²) in [7, 11) is 0. The summed E-state index contributed by atoms with van der Waals surface area (Å²) in [5, 5.41) is 3.40. The molecular weight excluding hydrogens is 472 g/mol. The number of imidazole rings is 1. The van der Waals surface area contributed by atoms with Gasteiger partial charge in [-0.2, -0.15) is 0 Å². The van der Waals surface area contributed by atoms with Crippen molar-refractivity contribution in [1.29, 1.82) is 0 Å². The molecule has 2 aromatic carbocycles. The second kappa shape index (κ2) is 7.82. The minimum absolute atomic E-state index is 0.265. The van der Waals surface area contributed by atoms with Gasteiger partial charge in [-0.3, -0.25) is 9.38 Å². The Bertz CT molecular complexity index is 2080. The molecule has 2 unspecified atom stereocenters. The van der Waals surface area contributed by atoms with Crippen molar-refractivity contribution in [1.82, 2.24) is 14.4 Å². The fourth-order valence-electron chi connectivity index (χ4n) is 5.66. The van der Waals surface area contributed by atoms with E-state index in [1.54, 1.807) is 11.3 Å². The van der Waals surface area contributed by atoms with Crippen molar-refractivity contribution in [2.24, 2.45) is 16.8 Å². The number of aliphatic imine (C=N–C) groups is 1. The van der Waals surface area contributed by atoms with Crippen molar-refractivity contribution in [2.45, 2.75) is 6.92 Å². The summed E-state index contributed by atoms with van der Waals surface area (Å²) in [6, 6.07) is 25.6. The van der Waals surface area contributed by atoms with Gasteiger partial charge in [-0.25, -0.2) is 9.98 Å². The quantitative estimate of drug-likeness (QED) is 0.297. The number of benzene rings is 2. The van der Waals surface area contributed by atoms with Crippen LogP contribution in [0.2, 0.25) is 0 Å². The second-order valence-electron chi connectivity index (χ2n) is 9.82. The lowest BCUT2D eigenvalue weighted by Crippen LogP contribution is -2.38. The number of pyridine rings is 2. The molecule has 0 fully saturated rings. The molecule has 5 heteroatoms. The molecule has 0 radical (unpaired) electrons. The molecule has 2 aliphatic rings. The Morgan fingerprint density at radius 2 is 1.81 bits per heavy atom. The normalized spacial score (nSPS) is 18.6. The molecule has 5 heterocycles. The molecule has 0 amide bonds. The first-order valence-corrected chi connectivity index (χ1v) is 13.4. The Balaban J connectivity index is 1.25. The average molecular weight is 495 g/mol. The summed E-state index contributed by atoms with van der Waals surface area (Å²) >= 11 is 1.79. The largest absolute Gasteiger partial charge is 0.290 e. The van der Waals surface area contributed by atoms with E-state index in [0.717, 1.165) is 44.6 Å². The van der Waals surface area contributed by atoms with Crippen molar-refractivity contribution in [2.75, 3.05) is 0 Å². The van der Waals surface area contributed by atoms with Crippen LogP contribution in [0.15, 0.2) is 102 Å². The van der Waals surface area contributed by atoms with Gasteiger partial charge in [0.05, 0.1) is 16.8 Å². The molecule has 0 saturated carbocycles. The number of fused-ring (bicyclic) bond motifs is 7. The number of hydrogen-bond donors (Lipinski definition) is 0. The van der Waals surface area contributed by atoms with Crippen LogP contribution in [0.1, 0.15) is 12.5 Å². The molecular formula is C32H22N4S. The van der Waals surface area contributed by atoms with Gasteiger partial charge < -0.3 is 0 Å². The highest BCUT2D eigenvalue weighted by Crippen LogP contribution is 2.35. The first kappa shape index (κ1) is 20.8. The minimum atomic E-state index is 0.265. The molecule has 37 heavy (non-hydrogen) atoms. The summed E-state index contributed by atoms with van der Waals surface area (Å²) in [5.74, 6) is 0.661. The van der Waals surface area contributed by atoms with E-state index in [0.29, 0.717) is 5.92 Å². The predicted molar refractivity (Wildman–Crippen MR) is 153 cm³/mol. The highest BCUT2D eigenvalue weighted by atomic mass is 32.1. The molecule has 6 aromatic rings. The molecule has 176 valence electrons. The molecule has 0 bridgehead atoms. The van der Waals surface area contributed by atoms with E-state index in [1.165, 1.54) is 20.1 Å². The Hall–Kier alpha value is -4.35. The van der Waals surface area contributed by atoms with E-state index >= 15 is 0 Å². The zero-order valence-electron chi connectivity index (χ0n) is 20.2. The highest BCUT2D eigenvalue weighted by Gasteiger charge is 2.25. The summed E-state index contributed by atoms with van der Waals surface area (Å²) in [4.78, 5) is 15.9. The van der Waals surface area contributed by atoms with Crippen LogP contribution in [0.4, 0.5) is 0 Å². The van der Waals surface area contributed by atoms with Crippen LogP contribution in [-0.2, 0) is 0 Å². The molecule has 2 atom stereocenters. The van der Waals surface area contributed by atoms with Gasteiger partial charge in [0, 0.05) is 34.0 Å². The van der Waals surface area contributed by atoms with Gasteiger partial charge in [0.1, 0.15) is 16.0 Å². The van der Waals surface area contributed by atoms with Crippen LogP contribution in [0.3, 0.4) is 0 Å². The minimum Gasteiger partial charge on any atom is -0.290 e. The number of dihydropyridines is 1. The van der Waals surface area contributed by atoms with Crippen LogP contribution < -0.4 is 10.6 Å². The van der Waals surface area contributed by atoms with Crippen molar-refractivity contribution in [3.8, 4) is 11.1 Å². The summed E-state index contributed by atoms with van der Waals surface area (Å²) in [6.07, 6.45) is 10.8. The monoisotopic (exact) mass is 494 g/mol. The van der Waals surface area contributed by atoms with E-state index < -0.39 is 0 Å². The number of allylic oxidation sites excluding steroid dienone is 1. The Labute approximate surface area is 217 Å². The van der Waals surface area contributed by atoms with Crippen molar-refractivity contribution in [3.63, 3.8) is 0 Å². The second-order valence-corrected chi connectivity index (χ2v) is 10.9. The topological polar surface area (TPSA) is 42.5 Å². The van der Waals surface area contributed by atoms with E-state index in [2.05, 4.69) is 107 Å². The lowest BCUT2D eigenvalue weighted by molar-refractivity contribution is 0.636. The van der Waals surface area contributed by atoms with E-state index in [9.17, 15) is 0 Å². The highest BCUT2D eigenvalue weighted by molar-refractivity contribution is 7.25. The molecule has 4 aromatic heterocycles. The maximum absolute atomic E-state index is 5.16. The number of thiophene rings is 1. The van der Waals surface area contributed by atoms with E-state index in [-0.39, 0.29) is 5.92 Å². The summed E-state index contributed by atoms with van der Waals surface area (Å²) < 4.78 is 3.49. The summed E-state index contributed by atoms with van der Waals surface area (Å²) in [6.45, 7) is 2.26. The molecule has 4 nitrogen and oxygen atoms in total. The third kappa shape index (κ3) is 3.17. The zero-order chi connectivity index (χ0) is 24.5. The van der Waals surface area contributed by atoms with Crippen LogP contribution in [0.25, 0.3) is 49.0 Å². The third-order valence-electron chi connectivity index (χ3n) is 7.52. The smallest absolute Gasteiger partial charge is 0.138 e. The number of rotatable bonds is 2. The number of hydrogen-bond acceptors (Lipinski definition) is 4. The predicted octanol–water partition coefficient (Wildman–Crippen LogP) is 5.98. The van der Waals surface area contributed by atoms with Crippen LogP contribution in [0, 0.1) is 11.8 Å². The average Bonchev–Trinajstić information content (AvgIpc) is 3.49. The lowest BCUT2D eigenvalue weighted by atomic mass is 9.84. The van der Waals surface area contributed by atoms with Gasteiger partial charge in [-0.1, -0.05) is 61.5 Å². The summed E-state index contributed by atoms with van der Waals surface area (Å²) in [5.41, 5.74) is 7.53.